The van der Waals surface area contributed by atoms with Crippen molar-refractivity contribution in [3.05, 3.63) is 0 Å². The molecule has 0 saturated carbocycles. The van der Waals surface area contributed by atoms with E-state index in [9.17, 15) is 14.7 Å². The lowest BCUT2D eigenvalue weighted by atomic mass is 9.92. The molecule has 2 saturated heterocycles. The smallest absolute Gasteiger partial charge is 0.326 e. The maximum atomic E-state index is 12.6. The Morgan fingerprint density at radius 3 is 2.32 bits per heavy atom. The Kier molecular flexibility index (Phi) is 4.02. The van der Waals surface area contributed by atoms with Crippen molar-refractivity contribution in [2.45, 2.75) is 52.1 Å². The van der Waals surface area contributed by atoms with Crippen molar-refractivity contribution >= 4 is 12.0 Å². The minimum absolute atomic E-state index is 0.0407. The number of piperidine rings is 1. The van der Waals surface area contributed by atoms with Gasteiger partial charge in [0, 0.05) is 19.1 Å². The normalized spacial score (nSPS) is 35.5. The number of carboxylic acids is 1. The molecular formula is C14H24N2O3. The van der Waals surface area contributed by atoms with E-state index in [1.54, 1.807) is 4.90 Å². The number of hydrogen-bond donors (Lipinski definition) is 1. The van der Waals surface area contributed by atoms with E-state index in [1.165, 1.54) is 0 Å². The highest BCUT2D eigenvalue weighted by Gasteiger charge is 2.42. The summed E-state index contributed by atoms with van der Waals surface area (Å²) in [6, 6.07) is -0.542. The summed E-state index contributed by atoms with van der Waals surface area (Å²) in [6.45, 7) is 7.45. The molecule has 0 radical (unpaired) electrons. The minimum Gasteiger partial charge on any atom is -0.480 e. The van der Waals surface area contributed by atoms with Gasteiger partial charge in [-0.15, -0.1) is 0 Å². The first kappa shape index (κ1) is 14.2. The zero-order chi connectivity index (χ0) is 14.2. The van der Waals surface area contributed by atoms with Crippen molar-refractivity contribution in [1.29, 1.82) is 0 Å². The van der Waals surface area contributed by atoms with Gasteiger partial charge in [-0.05, 0) is 38.0 Å². The van der Waals surface area contributed by atoms with E-state index in [4.69, 9.17) is 0 Å². The van der Waals surface area contributed by atoms with Crippen LogP contribution in [0, 0.1) is 11.8 Å². The molecular weight excluding hydrogens is 244 g/mol. The number of amides is 2. The first-order valence-electron chi connectivity index (χ1n) is 7.23. The Hall–Kier alpha value is -1.26. The summed E-state index contributed by atoms with van der Waals surface area (Å²) < 4.78 is 0. The van der Waals surface area contributed by atoms with E-state index >= 15 is 0 Å². The van der Waals surface area contributed by atoms with Crippen molar-refractivity contribution in [1.82, 2.24) is 9.80 Å². The summed E-state index contributed by atoms with van der Waals surface area (Å²) in [6.07, 6.45) is 2.93. The number of carboxylic acid groups (broad SMARTS) is 1. The monoisotopic (exact) mass is 268 g/mol. The van der Waals surface area contributed by atoms with Crippen LogP contribution in [0.25, 0.3) is 0 Å². The standard InChI is InChI=1S/C14H24N2O3/c1-9-5-4-7-15(11(9)3)14(19)16-8-6-10(2)12(16)13(17)18/h9-12H,4-8H2,1-3H3,(H,17,18). The maximum Gasteiger partial charge on any atom is 0.326 e. The number of nitrogens with zero attached hydrogens (tertiary/aromatic N) is 2. The van der Waals surface area contributed by atoms with Gasteiger partial charge in [-0.2, -0.15) is 0 Å². The predicted octanol–water partition coefficient (Wildman–Crippen LogP) is 2.02. The molecule has 0 spiro atoms. The van der Waals surface area contributed by atoms with Crippen LogP contribution in [0.1, 0.15) is 40.0 Å². The third kappa shape index (κ3) is 2.55. The Morgan fingerprint density at radius 1 is 1.00 bits per heavy atom. The third-order valence-electron chi connectivity index (χ3n) is 4.82. The second-order valence-electron chi connectivity index (χ2n) is 6.08. The quantitative estimate of drug-likeness (QED) is 0.791. The van der Waals surface area contributed by atoms with Gasteiger partial charge < -0.3 is 14.9 Å². The van der Waals surface area contributed by atoms with E-state index in [0.29, 0.717) is 12.5 Å². The average molecular weight is 268 g/mol. The average Bonchev–Trinajstić information content (AvgIpc) is 2.74. The molecule has 2 heterocycles. The summed E-state index contributed by atoms with van der Waals surface area (Å²) in [7, 11) is 0. The van der Waals surface area contributed by atoms with E-state index in [1.807, 2.05) is 11.8 Å². The molecule has 0 aliphatic carbocycles. The predicted molar refractivity (Wildman–Crippen MR) is 71.9 cm³/mol. The van der Waals surface area contributed by atoms with E-state index in [2.05, 4.69) is 13.8 Å². The summed E-state index contributed by atoms with van der Waals surface area (Å²) in [5.74, 6) is -0.351. The Morgan fingerprint density at radius 2 is 1.68 bits per heavy atom. The van der Waals surface area contributed by atoms with Crippen LogP contribution >= 0.6 is 0 Å². The van der Waals surface area contributed by atoms with Gasteiger partial charge in [0.15, 0.2) is 0 Å². The lowest BCUT2D eigenvalue weighted by molar-refractivity contribution is -0.142. The van der Waals surface area contributed by atoms with Gasteiger partial charge in [-0.1, -0.05) is 13.8 Å². The number of urea groups is 1. The highest BCUT2D eigenvalue weighted by atomic mass is 16.4. The fourth-order valence-corrected chi connectivity index (χ4v) is 3.31. The fraction of sp³-hybridized carbons (Fsp3) is 0.857. The molecule has 2 aliphatic rings. The molecule has 4 unspecified atom stereocenters. The van der Waals surface area contributed by atoms with Crippen LogP contribution in [0.2, 0.25) is 0 Å². The van der Waals surface area contributed by atoms with Crippen LogP contribution in [0.4, 0.5) is 4.79 Å². The number of carbonyl (C=O) groups excluding carboxylic acids is 1. The molecule has 2 amide bonds. The molecule has 0 aromatic rings. The minimum atomic E-state index is -0.879. The van der Waals surface area contributed by atoms with Crippen LogP contribution in [0.5, 0.6) is 0 Å². The third-order valence-corrected chi connectivity index (χ3v) is 4.82. The number of carbonyl (C=O) groups is 2. The van der Waals surface area contributed by atoms with Crippen LogP contribution in [-0.4, -0.2) is 52.1 Å². The van der Waals surface area contributed by atoms with Gasteiger partial charge in [0.25, 0.3) is 0 Å². The Bertz CT molecular complexity index is 372. The van der Waals surface area contributed by atoms with Crippen molar-refractivity contribution in [3.63, 3.8) is 0 Å². The SMILES string of the molecule is CC1CCCN(C(=O)N2CCC(C)C2C(=O)O)C1C. The summed E-state index contributed by atoms with van der Waals surface area (Å²) >= 11 is 0. The van der Waals surface area contributed by atoms with Gasteiger partial charge in [-0.3, -0.25) is 0 Å². The van der Waals surface area contributed by atoms with Crippen LogP contribution in [0.3, 0.4) is 0 Å². The van der Waals surface area contributed by atoms with Crippen molar-refractivity contribution in [2.75, 3.05) is 13.1 Å². The van der Waals surface area contributed by atoms with Crippen LogP contribution in [-0.2, 0) is 4.79 Å². The topological polar surface area (TPSA) is 60.9 Å². The lowest BCUT2D eigenvalue weighted by Crippen LogP contribution is -2.54. The molecule has 0 aromatic carbocycles. The van der Waals surface area contributed by atoms with Gasteiger partial charge in [0.1, 0.15) is 6.04 Å². The Balaban J connectivity index is 2.12. The number of aliphatic carboxylic acids is 1. The second kappa shape index (κ2) is 5.39. The van der Waals surface area contributed by atoms with Crippen molar-refractivity contribution in [3.8, 4) is 0 Å². The highest BCUT2D eigenvalue weighted by molar-refractivity contribution is 5.83. The molecule has 2 fully saturated rings. The van der Waals surface area contributed by atoms with Crippen molar-refractivity contribution < 1.29 is 14.7 Å². The molecule has 4 atom stereocenters. The molecule has 2 rings (SSSR count). The first-order chi connectivity index (χ1) is 8.93. The summed E-state index contributed by atoms with van der Waals surface area (Å²) in [5, 5.41) is 9.31. The fourth-order valence-electron chi connectivity index (χ4n) is 3.31. The van der Waals surface area contributed by atoms with Crippen molar-refractivity contribution in [2.24, 2.45) is 11.8 Å². The molecule has 19 heavy (non-hydrogen) atoms. The molecule has 0 aromatic heterocycles. The summed E-state index contributed by atoms with van der Waals surface area (Å²) in [5.41, 5.74) is 0. The molecule has 5 nitrogen and oxygen atoms in total. The molecule has 108 valence electrons. The van der Waals surface area contributed by atoms with Gasteiger partial charge >= 0.3 is 12.0 Å². The zero-order valence-corrected chi connectivity index (χ0v) is 12.0. The summed E-state index contributed by atoms with van der Waals surface area (Å²) in [4.78, 5) is 27.4. The first-order valence-corrected chi connectivity index (χ1v) is 7.23. The van der Waals surface area contributed by atoms with E-state index in [-0.39, 0.29) is 18.0 Å². The zero-order valence-electron chi connectivity index (χ0n) is 12.0. The van der Waals surface area contributed by atoms with Crippen LogP contribution < -0.4 is 0 Å². The molecule has 2 aliphatic heterocycles. The molecule has 1 N–H and O–H groups in total. The highest BCUT2D eigenvalue weighted by Crippen LogP contribution is 2.29. The van der Waals surface area contributed by atoms with E-state index < -0.39 is 12.0 Å². The van der Waals surface area contributed by atoms with Crippen LogP contribution in [0.15, 0.2) is 0 Å². The largest absolute Gasteiger partial charge is 0.480 e. The van der Waals surface area contributed by atoms with E-state index in [0.717, 1.165) is 25.8 Å². The lowest BCUT2D eigenvalue weighted by Gasteiger charge is -2.40. The molecule has 0 bridgehead atoms. The number of likely N-dealkylation sites (tertiary alicyclic amines) is 2. The Labute approximate surface area is 114 Å². The number of rotatable bonds is 1. The van der Waals surface area contributed by atoms with Gasteiger partial charge in [0.2, 0.25) is 0 Å². The van der Waals surface area contributed by atoms with Gasteiger partial charge in [-0.25, -0.2) is 9.59 Å². The van der Waals surface area contributed by atoms with Gasteiger partial charge in [0.05, 0.1) is 0 Å². The number of hydrogen-bond acceptors (Lipinski definition) is 2. The second-order valence-corrected chi connectivity index (χ2v) is 6.08. The maximum absolute atomic E-state index is 12.6. The molecule has 5 heteroatoms.